The summed E-state index contributed by atoms with van der Waals surface area (Å²) in [6.07, 6.45) is 5.89. The predicted octanol–water partition coefficient (Wildman–Crippen LogP) is 12.7. The van der Waals surface area contributed by atoms with Crippen LogP contribution >= 0.6 is 0 Å². The first-order chi connectivity index (χ1) is 16.4. The van der Waals surface area contributed by atoms with Gasteiger partial charge in [-0.3, -0.25) is 0 Å². The van der Waals surface area contributed by atoms with E-state index in [0.29, 0.717) is 11.1 Å². The largest absolute Gasteiger partial charge is 0.207 e. The molecular weight excluding hydrogens is 489 g/mol. The van der Waals surface area contributed by atoms with Gasteiger partial charge in [-0.05, 0) is 88.3 Å². The van der Waals surface area contributed by atoms with Crippen LogP contribution in [0.5, 0.6) is 0 Å². The summed E-state index contributed by atoms with van der Waals surface area (Å²) in [5.74, 6) is 0.974. The number of rotatable bonds is 0. The summed E-state index contributed by atoms with van der Waals surface area (Å²) in [6.45, 7) is 15.6. The molecule has 0 spiro atoms. The Morgan fingerprint density at radius 1 is 0.462 bits per heavy atom. The number of halogens is 3. The zero-order chi connectivity index (χ0) is 26.5. The minimum atomic E-state index is -0.475. The van der Waals surface area contributed by atoms with Crippen LogP contribution in [0.15, 0.2) is 54.6 Å². The van der Waals surface area contributed by atoms with E-state index in [4.69, 9.17) is 0 Å². The smallest absolute Gasteiger partial charge is 0.129 e. The summed E-state index contributed by atoms with van der Waals surface area (Å²) in [5.41, 5.74) is 5.04. The Balaban J connectivity index is -0.000000203. The number of aryl methyl sites for hydroxylation is 5. The highest BCUT2D eigenvalue weighted by atomic mass is 19.1. The minimum absolute atomic E-state index is 0. The average molecular weight is 549 g/mol. The van der Waals surface area contributed by atoms with Crippen LogP contribution in [0.25, 0.3) is 0 Å². The van der Waals surface area contributed by atoms with Crippen molar-refractivity contribution in [2.24, 2.45) is 11.8 Å². The Morgan fingerprint density at radius 3 is 1.08 bits per heavy atom. The van der Waals surface area contributed by atoms with Gasteiger partial charge in [0.15, 0.2) is 0 Å². The van der Waals surface area contributed by atoms with E-state index >= 15 is 0 Å². The topological polar surface area (TPSA) is 0 Å². The van der Waals surface area contributed by atoms with Gasteiger partial charge in [-0.15, -0.1) is 0 Å². The van der Waals surface area contributed by atoms with Crippen molar-refractivity contribution < 1.29 is 13.2 Å². The first kappa shape index (κ1) is 43.5. The van der Waals surface area contributed by atoms with E-state index < -0.39 is 11.6 Å². The zero-order valence-corrected chi connectivity index (χ0v) is 22.8. The molecule has 4 rings (SSSR count). The van der Waals surface area contributed by atoms with E-state index in [1.165, 1.54) is 61.9 Å². The van der Waals surface area contributed by atoms with Gasteiger partial charge in [0.1, 0.15) is 17.5 Å². The highest BCUT2D eigenvalue weighted by molar-refractivity contribution is 5.24. The van der Waals surface area contributed by atoms with Crippen molar-refractivity contribution >= 4 is 0 Å². The van der Waals surface area contributed by atoms with E-state index in [0.717, 1.165) is 17.4 Å². The average Bonchev–Trinajstić information content (AvgIpc) is 2.80. The Kier molecular flexibility index (Phi) is 24.9. The molecule has 39 heavy (non-hydrogen) atoms. The lowest BCUT2D eigenvalue weighted by molar-refractivity contribution is 0.308. The van der Waals surface area contributed by atoms with E-state index in [1.807, 2.05) is 13.0 Å². The fraction of sp³-hybridized carbons (Fsp3) is 0.500. The van der Waals surface area contributed by atoms with Crippen molar-refractivity contribution in [2.45, 2.75) is 111 Å². The van der Waals surface area contributed by atoms with Gasteiger partial charge >= 0.3 is 0 Å². The first-order valence-electron chi connectivity index (χ1n) is 12.6. The number of benzene rings is 3. The molecule has 0 N–H and O–H groups in total. The minimum Gasteiger partial charge on any atom is -0.207 e. The molecule has 0 amide bonds. The van der Waals surface area contributed by atoms with Crippen molar-refractivity contribution in [3.05, 3.63) is 105 Å². The molecule has 0 unspecified atom stereocenters. The van der Waals surface area contributed by atoms with Gasteiger partial charge in [-0.25, -0.2) is 13.2 Å². The van der Waals surface area contributed by atoms with Crippen LogP contribution in [0.2, 0.25) is 0 Å². The lowest BCUT2D eigenvalue weighted by atomic mass is 9.84. The highest BCUT2D eigenvalue weighted by Crippen LogP contribution is 2.27. The fourth-order valence-electron chi connectivity index (χ4n) is 3.53. The number of hydrogen-bond donors (Lipinski definition) is 0. The molecule has 0 nitrogen and oxygen atoms in total. The van der Waals surface area contributed by atoms with Crippen LogP contribution in [-0.2, 0) is 0 Å². The summed E-state index contributed by atoms with van der Waals surface area (Å²) in [5, 5.41) is 0. The molecule has 0 aliphatic heterocycles. The summed E-state index contributed by atoms with van der Waals surface area (Å²) in [4.78, 5) is 0. The third kappa shape index (κ3) is 18.4. The van der Waals surface area contributed by atoms with Crippen LogP contribution in [-0.4, -0.2) is 0 Å². The monoisotopic (exact) mass is 548 g/mol. The maximum Gasteiger partial charge on any atom is 0.129 e. The van der Waals surface area contributed by atoms with Crippen LogP contribution in [0, 0.1) is 70.8 Å². The predicted molar refractivity (Wildman–Crippen MR) is 171 cm³/mol. The van der Waals surface area contributed by atoms with Crippen molar-refractivity contribution in [1.82, 2.24) is 0 Å². The Labute approximate surface area is 241 Å². The first-order valence-corrected chi connectivity index (χ1v) is 12.6. The molecule has 0 atom stereocenters. The van der Waals surface area contributed by atoms with Crippen molar-refractivity contribution in [3.8, 4) is 0 Å². The SMILES string of the molecule is C.C.C.C.CC1CCC(C)CC1.Cc1cc(F)c(C)c(F)c1.Cc1ccc(C)c(F)c1.Cc1ccc(C)cc1. The fourth-order valence-corrected chi connectivity index (χ4v) is 3.53. The zero-order valence-electron chi connectivity index (χ0n) is 22.8. The lowest BCUT2D eigenvalue weighted by Crippen LogP contribution is -2.08. The summed E-state index contributed by atoms with van der Waals surface area (Å²) in [7, 11) is 0. The van der Waals surface area contributed by atoms with Crippen molar-refractivity contribution in [2.75, 3.05) is 0 Å². The molecule has 3 aromatic rings. The van der Waals surface area contributed by atoms with Crippen LogP contribution in [0.1, 0.15) is 103 Å². The molecule has 0 heterocycles. The second-order valence-corrected chi connectivity index (χ2v) is 10.1. The molecule has 0 radical (unpaired) electrons. The van der Waals surface area contributed by atoms with Gasteiger partial charge in [0.2, 0.25) is 0 Å². The summed E-state index contributed by atoms with van der Waals surface area (Å²) in [6, 6.07) is 16.3. The van der Waals surface area contributed by atoms with Crippen molar-refractivity contribution in [3.63, 3.8) is 0 Å². The van der Waals surface area contributed by atoms with Crippen LogP contribution in [0.4, 0.5) is 13.2 Å². The molecule has 0 saturated heterocycles. The van der Waals surface area contributed by atoms with Gasteiger partial charge in [0.05, 0.1) is 0 Å². The third-order valence-corrected chi connectivity index (χ3v) is 6.28. The van der Waals surface area contributed by atoms with E-state index in [9.17, 15) is 13.2 Å². The molecule has 3 aromatic carbocycles. The Hall–Kier alpha value is -2.55. The van der Waals surface area contributed by atoms with E-state index in [1.54, 1.807) is 19.9 Å². The standard InChI is InChI=1S/C8H8F2.C8H9F.C8H16.C8H10.4CH4/c1-5-3-7(9)6(2)8(10)4-5;1-6-3-4-7(2)8(9)5-6;2*1-7-3-5-8(2)6-4-7;;;;/h3-4H,1-2H3;3-5H,1-2H3;7-8H,3-6H2,1-2H3;3-6H,1-2H3;4*1H4. The molecule has 0 bridgehead atoms. The van der Waals surface area contributed by atoms with Crippen molar-refractivity contribution in [1.29, 1.82) is 0 Å². The molecule has 1 aliphatic carbocycles. The van der Waals surface area contributed by atoms with Gasteiger partial charge in [0.25, 0.3) is 0 Å². The molecule has 224 valence electrons. The molecule has 0 aromatic heterocycles. The number of hydrogen-bond acceptors (Lipinski definition) is 0. The molecule has 3 heteroatoms. The Bertz CT molecular complexity index is 960. The maximum absolute atomic E-state index is 12.6. The summed E-state index contributed by atoms with van der Waals surface area (Å²) >= 11 is 0. The van der Waals surface area contributed by atoms with Gasteiger partial charge < -0.3 is 0 Å². The molecule has 1 saturated carbocycles. The summed E-state index contributed by atoms with van der Waals surface area (Å²) < 4.78 is 37.8. The quantitative estimate of drug-likeness (QED) is 0.262. The lowest BCUT2D eigenvalue weighted by Gasteiger charge is -2.22. The maximum atomic E-state index is 12.6. The Morgan fingerprint density at radius 2 is 0.769 bits per heavy atom. The molecular formula is C36H59F3. The second-order valence-electron chi connectivity index (χ2n) is 10.1. The third-order valence-electron chi connectivity index (χ3n) is 6.28. The van der Waals surface area contributed by atoms with E-state index in [-0.39, 0.29) is 41.1 Å². The second kappa shape index (κ2) is 22.3. The van der Waals surface area contributed by atoms with Gasteiger partial charge in [-0.2, -0.15) is 0 Å². The van der Waals surface area contributed by atoms with Gasteiger partial charge in [0, 0.05) is 5.56 Å². The highest BCUT2D eigenvalue weighted by Gasteiger charge is 2.13. The normalized spacial score (nSPS) is 14.8. The van der Waals surface area contributed by atoms with E-state index in [2.05, 4.69) is 52.0 Å². The van der Waals surface area contributed by atoms with Crippen LogP contribution in [0.3, 0.4) is 0 Å². The van der Waals surface area contributed by atoms with Gasteiger partial charge in [-0.1, -0.05) is 117 Å². The molecule has 1 fully saturated rings. The molecule has 1 aliphatic rings. The van der Waals surface area contributed by atoms with Crippen LogP contribution < -0.4 is 0 Å².